The minimum atomic E-state index is 0.0161. The van der Waals surface area contributed by atoms with Crippen LogP contribution in [-0.4, -0.2) is 27.6 Å². The first-order valence-electron chi connectivity index (χ1n) is 10.3. The quantitative estimate of drug-likeness (QED) is 0.829. The van der Waals surface area contributed by atoms with E-state index in [0.29, 0.717) is 0 Å². The summed E-state index contributed by atoms with van der Waals surface area (Å²) in [4.78, 5) is 13.3. The number of aromatic nitrogens is 1. The molecule has 2 heterocycles. The molecule has 0 atom stereocenters. The van der Waals surface area contributed by atoms with Crippen LogP contribution in [0.1, 0.15) is 76.0 Å². The monoisotopic (exact) mass is 369 g/mol. The van der Waals surface area contributed by atoms with E-state index < -0.39 is 0 Å². The first-order chi connectivity index (χ1) is 12.6. The van der Waals surface area contributed by atoms with E-state index in [4.69, 9.17) is 0 Å². The Morgan fingerprint density at radius 1 is 1.19 bits per heavy atom. The van der Waals surface area contributed by atoms with Crippen LogP contribution in [0.4, 0.5) is 0 Å². The number of fused-ring (bicyclic) bond motifs is 1. The normalized spacial score (nSPS) is 19.4. The van der Waals surface area contributed by atoms with Gasteiger partial charge in [0, 0.05) is 34.6 Å². The summed E-state index contributed by atoms with van der Waals surface area (Å²) in [5, 5.41) is 8.24. The molecule has 0 aliphatic carbocycles. The Labute approximate surface area is 163 Å². The number of aryl methyl sites for hydroxylation is 3. The smallest absolute Gasteiger partial charge is 0.268 e. The summed E-state index contributed by atoms with van der Waals surface area (Å²) >= 11 is 0. The number of hydrogen-bond acceptors (Lipinski definition) is 2. The molecule has 1 aliphatic rings. The van der Waals surface area contributed by atoms with Crippen molar-refractivity contribution in [2.75, 3.05) is 0 Å². The summed E-state index contributed by atoms with van der Waals surface area (Å²) in [6, 6.07) is 6.76. The van der Waals surface area contributed by atoms with Crippen molar-refractivity contribution in [1.29, 1.82) is 0 Å². The predicted octanol–water partition coefficient (Wildman–Crippen LogP) is 4.57. The van der Waals surface area contributed by atoms with Gasteiger partial charge in [0.25, 0.3) is 5.91 Å². The predicted molar refractivity (Wildman–Crippen MR) is 114 cm³/mol. The SMILES string of the molecule is CCc1ccc2c(c1)c(C)c(C(=O)NC1CC(C)(C)NC(C)(C)C1)n2CC. The highest BCUT2D eigenvalue weighted by Crippen LogP contribution is 2.30. The van der Waals surface area contributed by atoms with E-state index >= 15 is 0 Å². The molecular weight excluding hydrogens is 334 g/mol. The maximum Gasteiger partial charge on any atom is 0.268 e. The second-order valence-corrected chi connectivity index (χ2v) is 9.39. The number of benzene rings is 1. The molecule has 1 aromatic heterocycles. The summed E-state index contributed by atoms with van der Waals surface area (Å²) in [5.74, 6) is 0.0575. The van der Waals surface area contributed by atoms with Gasteiger partial charge in [-0.05, 0) is 84.1 Å². The van der Waals surface area contributed by atoms with Gasteiger partial charge in [-0.25, -0.2) is 0 Å². The molecule has 1 saturated heterocycles. The zero-order valence-corrected chi connectivity index (χ0v) is 18.0. The maximum atomic E-state index is 13.3. The van der Waals surface area contributed by atoms with E-state index in [0.717, 1.165) is 42.6 Å². The third kappa shape index (κ3) is 3.91. The number of hydrogen-bond donors (Lipinski definition) is 2. The van der Waals surface area contributed by atoms with Crippen LogP contribution in [-0.2, 0) is 13.0 Å². The zero-order chi connectivity index (χ0) is 20.0. The van der Waals surface area contributed by atoms with Gasteiger partial charge in [0.1, 0.15) is 5.69 Å². The standard InChI is InChI=1S/C23H35N3O/c1-8-16-10-11-19-18(12-16)15(3)20(26(19)9-2)21(27)24-17-13-22(4,5)25-23(6,7)14-17/h10-12,17,25H,8-9,13-14H2,1-7H3,(H,24,27). The maximum absolute atomic E-state index is 13.3. The molecule has 1 amide bonds. The largest absolute Gasteiger partial charge is 0.348 e. The third-order valence-electron chi connectivity index (χ3n) is 5.85. The molecule has 2 N–H and O–H groups in total. The van der Waals surface area contributed by atoms with Gasteiger partial charge in [-0.1, -0.05) is 13.0 Å². The van der Waals surface area contributed by atoms with Crippen LogP contribution in [0.2, 0.25) is 0 Å². The molecule has 0 saturated carbocycles. The van der Waals surface area contributed by atoms with Gasteiger partial charge in [0.05, 0.1) is 0 Å². The first kappa shape index (κ1) is 19.9. The molecule has 4 heteroatoms. The van der Waals surface area contributed by atoms with Crippen LogP contribution < -0.4 is 10.6 Å². The fraction of sp³-hybridized carbons (Fsp3) is 0.609. The summed E-state index contributed by atoms with van der Waals surface area (Å²) in [6.45, 7) is 16.0. The fourth-order valence-corrected chi connectivity index (χ4v) is 5.09. The van der Waals surface area contributed by atoms with E-state index in [1.165, 1.54) is 10.9 Å². The van der Waals surface area contributed by atoms with Gasteiger partial charge in [0.15, 0.2) is 0 Å². The highest BCUT2D eigenvalue weighted by molar-refractivity contribution is 6.02. The third-order valence-corrected chi connectivity index (χ3v) is 5.85. The molecular formula is C23H35N3O. The number of amides is 1. The Bertz CT molecular complexity index is 844. The molecule has 148 valence electrons. The van der Waals surface area contributed by atoms with E-state index in [9.17, 15) is 4.79 Å². The van der Waals surface area contributed by atoms with E-state index in [1.54, 1.807) is 0 Å². The van der Waals surface area contributed by atoms with Crippen LogP contribution in [0.3, 0.4) is 0 Å². The Balaban J connectivity index is 1.95. The summed E-state index contributed by atoms with van der Waals surface area (Å²) < 4.78 is 2.16. The molecule has 0 spiro atoms. The highest BCUT2D eigenvalue weighted by atomic mass is 16.2. The lowest BCUT2D eigenvalue weighted by molar-refractivity contribution is 0.0864. The van der Waals surface area contributed by atoms with Crippen LogP contribution >= 0.6 is 0 Å². The minimum absolute atomic E-state index is 0.0161. The van der Waals surface area contributed by atoms with E-state index in [1.807, 2.05) is 0 Å². The van der Waals surface area contributed by atoms with Crippen molar-refractivity contribution >= 4 is 16.8 Å². The van der Waals surface area contributed by atoms with Gasteiger partial charge in [0.2, 0.25) is 0 Å². The first-order valence-corrected chi connectivity index (χ1v) is 10.3. The molecule has 4 nitrogen and oxygen atoms in total. The van der Waals surface area contributed by atoms with Gasteiger partial charge < -0.3 is 15.2 Å². The van der Waals surface area contributed by atoms with Crippen LogP contribution in [0.25, 0.3) is 10.9 Å². The zero-order valence-electron chi connectivity index (χ0n) is 18.0. The van der Waals surface area contributed by atoms with Gasteiger partial charge >= 0.3 is 0 Å². The molecule has 3 rings (SSSR count). The summed E-state index contributed by atoms with van der Waals surface area (Å²) in [7, 11) is 0. The molecule has 0 unspecified atom stereocenters. The van der Waals surface area contributed by atoms with Crippen molar-refractivity contribution in [2.45, 2.75) is 91.4 Å². The lowest BCUT2D eigenvalue weighted by atomic mass is 9.79. The fourth-order valence-electron chi connectivity index (χ4n) is 5.09. The van der Waals surface area contributed by atoms with Crippen LogP contribution in [0.15, 0.2) is 18.2 Å². The van der Waals surface area contributed by atoms with Crippen molar-refractivity contribution in [3.8, 4) is 0 Å². The molecule has 1 aliphatic heterocycles. The number of carbonyl (C=O) groups is 1. The second-order valence-electron chi connectivity index (χ2n) is 9.39. The Hall–Kier alpha value is -1.81. The van der Waals surface area contributed by atoms with Crippen LogP contribution in [0.5, 0.6) is 0 Å². The number of rotatable bonds is 4. The molecule has 2 aromatic rings. The topological polar surface area (TPSA) is 46.1 Å². The van der Waals surface area contributed by atoms with Crippen molar-refractivity contribution < 1.29 is 4.79 Å². The Morgan fingerprint density at radius 2 is 1.81 bits per heavy atom. The second kappa shape index (κ2) is 6.97. The van der Waals surface area contributed by atoms with Gasteiger partial charge in [-0.2, -0.15) is 0 Å². The van der Waals surface area contributed by atoms with E-state index in [-0.39, 0.29) is 23.0 Å². The summed E-state index contributed by atoms with van der Waals surface area (Å²) in [6.07, 6.45) is 2.88. The van der Waals surface area contributed by atoms with Crippen molar-refractivity contribution in [3.05, 3.63) is 35.0 Å². The van der Waals surface area contributed by atoms with Crippen molar-refractivity contribution in [1.82, 2.24) is 15.2 Å². The lowest BCUT2D eigenvalue weighted by Gasteiger charge is -2.46. The number of nitrogens with zero attached hydrogens (tertiary/aromatic N) is 1. The summed E-state index contributed by atoms with van der Waals surface area (Å²) in [5.41, 5.74) is 4.41. The Kier molecular flexibility index (Phi) is 5.15. The van der Waals surface area contributed by atoms with Crippen molar-refractivity contribution in [2.24, 2.45) is 0 Å². The Morgan fingerprint density at radius 3 is 2.37 bits per heavy atom. The number of carbonyl (C=O) groups excluding carboxylic acids is 1. The molecule has 0 bridgehead atoms. The number of nitrogens with one attached hydrogen (secondary N) is 2. The van der Waals surface area contributed by atoms with Gasteiger partial charge in [-0.3, -0.25) is 4.79 Å². The van der Waals surface area contributed by atoms with Crippen LogP contribution in [0, 0.1) is 6.92 Å². The average Bonchev–Trinajstić information content (AvgIpc) is 2.83. The minimum Gasteiger partial charge on any atom is -0.348 e. The average molecular weight is 370 g/mol. The lowest BCUT2D eigenvalue weighted by Crippen LogP contribution is -2.62. The number of piperidine rings is 1. The molecule has 27 heavy (non-hydrogen) atoms. The van der Waals surface area contributed by atoms with Crippen molar-refractivity contribution in [3.63, 3.8) is 0 Å². The van der Waals surface area contributed by atoms with Gasteiger partial charge in [-0.15, -0.1) is 0 Å². The van der Waals surface area contributed by atoms with E-state index in [2.05, 4.69) is 81.9 Å². The molecule has 0 radical (unpaired) electrons. The molecule has 1 aromatic carbocycles. The molecule has 1 fully saturated rings. The highest BCUT2D eigenvalue weighted by Gasteiger charge is 2.38.